The number of rotatable bonds is 8. The maximum absolute atomic E-state index is 12.4. The molecule has 1 amide bonds. The lowest BCUT2D eigenvalue weighted by Gasteiger charge is -2.33. The van der Waals surface area contributed by atoms with Crippen molar-refractivity contribution in [1.29, 1.82) is 0 Å². The fourth-order valence-corrected chi connectivity index (χ4v) is 4.80. The third kappa shape index (κ3) is 7.47. The Morgan fingerprint density at radius 3 is 2.42 bits per heavy atom. The molecule has 0 spiro atoms. The van der Waals surface area contributed by atoms with Gasteiger partial charge in [0.25, 0.3) is 5.91 Å². The number of β-amino-alcohol motifs (C(OH)–C–C–N with tert-alkyl or cyclic N) is 1. The van der Waals surface area contributed by atoms with E-state index in [1.54, 1.807) is 18.2 Å². The molecule has 0 bridgehead atoms. The zero-order valence-corrected chi connectivity index (χ0v) is 21.0. The lowest BCUT2D eigenvalue weighted by Crippen LogP contribution is -2.45. The van der Waals surface area contributed by atoms with Crippen molar-refractivity contribution >= 4 is 50.5 Å². The average Bonchev–Trinajstić information content (AvgIpc) is 2.75. The highest BCUT2D eigenvalue weighted by Crippen LogP contribution is 2.28. The molecule has 1 aliphatic rings. The number of carbonyl (C=O) groups excluding carboxylic acids is 1. The molecule has 33 heavy (non-hydrogen) atoms. The molecule has 1 aliphatic heterocycles. The van der Waals surface area contributed by atoms with Crippen LogP contribution in [-0.4, -0.2) is 69.0 Å². The molecule has 1 fully saturated rings. The molecular formula is C22H25Cl3N2O5S. The fraction of sp³-hybridized carbons (Fsp3) is 0.409. The smallest absolute Gasteiger partial charge is 0.252 e. The Morgan fingerprint density at radius 1 is 1.12 bits per heavy atom. The van der Waals surface area contributed by atoms with Crippen LogP contribution < -0.4 is 10.1 Å². The second kappa shape index (κ2) is 11.3. The van der Waals surface area contributed by atoms with E-state index in [-0.39, 0.29) is 28.1 Å². The van der Waals surface area contributed by atoms with Crippen LogP contribution in [0.1, 0.15) is 23.2 Å². The SMILES string of the molecule is CS(=O)(=O)c1ccc(C(=O)NC[C@@H](O)CN2CCC(Oc3ccc(Cl)c(Cl)c3)CC2)c(Cl)c1. The molecule has 1 heterocycles. The predicted octanol–water partition coefficient (Wildman–Crippen LogP) is 3.68. The number of amides is 1. The molecule has 2 aromatic carbocycles. The van der Waals surface area contributed by atoms with Crippen molar-refractivity contribution in [1.82, 2.24) is 10.2 Å². The van der Waals surface area contributed by atoms with Gasteiger partial charge in [-0.1, -0.05) is 34.8 Å². The minimum atomic E-state index is -3.42. The lowest BCUT2D eigenvalue weighted by atomic mass is 10.1. The number of nitrogens with zero attached hydrogens (tertiary/aromatic N) is 1. The zero-order valence-electron chi connectivity index (χ0n) is 17.9. The van der Waals surface area contributed by atoms with Crippen LogP contribution in [0.3, 0.4) is 0 Å². The molecule has 0 aliphatic carbocycles. The highest BCUT2D eigenvalue weighted by Gasteiger charge is 2.23. The molecule has 0 unspecified atom stereocenters. The third-order valence-electron chi connectivity index (χ3n) is 5.31. The first-order valence-electron chi connectivity index (χ1n) is 10.3. The van der Waals surface area contributed by atoms with Crippen LogP contribution in [0.2, 0.25) is 15.1 Å². The monoisotopic (exact) mass is 534 g/mol. The summed E-state index contributed by atoms with van der Waals surface area (Å²) in [6.45, 7) is 1.94. The minimum absolute atomic E-state index is 0.0361. The van der Waals surface area contributed by atoms with Crippen LogP contribution in [0.15, 0.2) is 41.3 Å². The average molecular weight is 536 g/mol. The van der Waals surface area contributed by atoms with Gasteiger partial charge in [-0.05, 0) is 43.2 Å². The summed E-state index contributed by atoms with van der Waals surface area (Å²) in [7, 11) is -3.42. The van der Waals surface area contributed by atoms with Gasteiger partial charge in [-0.2, -0.15) is 0 Å². The second-order valence-corrected chi connectivity index (χ2v) is 11.2. The van der Waals surface area contributed by atoms with E-state index in [1.165, 1.54) is 18.2 Å². The number of piperidine rings is 1. The molecular weight excluding hydrogens is 511 g/mol. The van der Waals surface area contributed by atoms with Crippen molar-refractivity contribution in [2.24, 2.45) is 0 Å². The first-order valence-corrected chi connectivity index (χ1v) is 13.4. The first-order chi connectivity index (χ1) is 15.5. The third-order valence-corrected chi connectivity index (χ3v) is 7.47. The van der Waals surface area contributed by atoms with Crippen LogP contribution in [0, 0.1) is 0 Å². The van der Waals surface area contributed by atoms with Crippen molar-refractivity contribution in [2.45, 2.75) is 29.9 Å². The Bertz CT molecular complexity index is 1110. The molecule has 1 atom stereocenters. The number of hydrogen-bond donors (Lipinski definition) is 2. The van der Waals surface area contributed by atoms with Crippen molar-refractivity contribution in [3.8, 4) is 5.75 Å². The van der Waals surface area contributed by atoms with Crippen molar-refractivity contribution in [2.75, 3.05) is 32.4 Å². The Hall–Kier alpha value is -1.55. The van der Waals surface area contributed by atoms with E-state index in [4.69, 9.17) is 39.5 Å². The molecule has 0 radical (unpaired) electrons. The van der Waals surface area contributed by atoms with Crippen LogP contribution in [0.5, 0.6) is 5.75 Å². The van der Waals surface area contributed by atoms with Gasteiger partial charge in [0.1, 0.15) is 11.9 Å². The second-order valence-electron chi connectivity index (χ2n) is 7.97. The predicted molar refractivity (Wildman–Crippen MR) is 129 cm³/mol. The quantitative estimate of drug-likeness (QED) is 0.535. The molecule has 2 N–H and O–H groups in total. The number of halogens is 3. The van der Waals surface area contributed by atoms with Gasteiger partial charge in [-0.25, -0.2) is 8.42 Å². The van der Waals surface area contributed by atoms with E-state index in [0.717, 1.165) is 32.2 Å². The van der Waals surface area contributed by atoms with Gasteiger partial charge in [0, 0.05) is 38.5 Å². The number of benzene rings is 2. The molecule has 180 valence electrons. The Balaban J connectivity index is 1.43. The van der Waals surface area contributed by atoms with Crippen LogP contribution in [-0.2, 0) is 9.84 Å². The van der Waals surface area contributed by atoms with E-state index < -0.39 is 21.8 Å². The molecule has 1 saturated heterocycles. The Labute approximate surface area is 208 Å². The van der Waals surface area contributed by atoms with Gasteiger partial charge in [0.2, 0.25) is 0 Å². The summed E-state index contributed by atoms with van der Waals surface area (Å²) in [5, 5.41) is 14.0. The molecule has 3 rings (SSSR count). The molecule has 0 saturated carbocycles. The zero-order chi connectivity index (χ0) is 24.2. The van der Waals surface area contributed by atoms with Crippen LogP contribution in [0.4, 0.5) is 0 Å². The number of ether oxygens (including phenoxy) is 1. The maximum atomic E-state index is 12.4. The summed E-state index contributed by atoms with van der Waals surface area (Å²) in [4.78, 5) is 14.5. The van der Waals surface area contributed by atoms with E-state index in [0.29, 0.717) is 22.3 Å². The summed E-state index contributed by atoms with van der Waals surface area (Å²) in [5.74, 6) is 0.196. The van der Waals surface area contributed by atoms with E-state index in [9.17, 15) is 18.3 Å². The van der Waals surface area contributed by atoms with Gasteiger partial charge in [0.15, 0.2) is 9.84 Å². The first kappa shape index (κ1) is 26.1. The normalized spacial score (nSPS) is 16.4. The standard InChI is InChI=1S/C22H25Cl3N2O5S/c1-33(30,31)17-3-4-18(20(24)11-17)22(29)26-12-14(28)13-27-8-6-15(7-9-27)32-16-2-5-19(23)21(25)10-16/h2-5,10-11,14-15,28H,6-9,12-13H2,1H3,(H,26,29)/t14-/m1/s1. The number of likely N-dealkylation sites (tertiary alicyclic amines) is 1. The number of sulfone groups is 1. The van der Waals surface area contributed by atoms with Gasteiger partial charge in [0.05, 0.1) is 31.6 Å². The topological polar surface area (TPSA) is 95.9 Å². The van der Waals surface area contributed by atoms with Gasteiger partial charge < -0.3 is 20.1 Å². The Morgan fingerprint density at radius 2 is 1.82 bits per heavy atom. The number of aliphatic hydroxyl groups excluding tert-OH is 1. The largest absolute Gasteiger partial charge is 0.490 e. The lowest BCUT2D eigenvalue weighted by molar-refractivity contribution is 0.0594. The summed E-state index contributed by atoms with van der Waals surface area (Å²) in [5.41, 5.74) is 0.150. The van der Waals surface area contributed by atoms with Crippen LogP contribution in [0.25, 0.3) is 0 Å². The highest BCUT2D eigenvalue weighted by molar-refractivity contribution is 7.90. The van der Waals surface area contributed by atoms with Gasteiger partial charge >= 0.3 is 0 Å². The van der Waals surface area contributed by atoms with E-state index in [2.05, 4.69) is 10.2 Å². The highest BCUT2D eigenvalue weighted by atomic mass is 35.5. The number of nitrogens with one attached hydrogen (secondary N) is 1. The summed E-state index contributed by atoms with van der Waals surface area (Å²) < 4.78 is 29.2. The Kier molecular flexibility index (Phi) is 8.89. The summed E-state index contributed by atoms with van der Waals surface area (Å²) in [6.07, 6.45) is 1.93. The van der Waals surface area contributed by atoms with Crippen molar-refractivity contribution in [3.05, 3.63) is 57.0 Å². The number of hydrogen-bond acceptors (Lipinski definition) is 6. The summed E-state index contributed by atoms with van der Waals surface area (Å²) >= 11 is 18.0. The molecule has 7 nitrogen and oxygen atoms in total. The molecule has 0 aromatic heterocycles. The van der Waals surface area contributed by atoms with E-state index in [1.807, 2.05) is 0 Å². The van der Waals surface area contributed by atoms with Crippen molar-refractivity contribution < 1.29 is 23.1 Å². The maximum Gasteiger partial charge on any atom is 0.252 e. The van der Waals surface area contributed by atoms with E-state index >= 15 is 0 Å². The number of aliphatic hydroxyl groups is 1. The molecule has 2 aromatic rings. The van der Waals surface area contributed by atoms with Gasteiger partial charge in [-0.15, -0.1) is 0 Å². The minimum Gasteiger partial charge on any atom is -0.490 e. The number of carbonyl (C=O) groups is 1. The molecule has 11 heteroatoms. The summed E-state index contributed by atoms with van der Waals surface area (Å²) in [6, 6.07) is 9.12. The fourth-order valence-electron chi connectivity index (χ4n) is 3.53. The van der Waals surface area contributed by atoms with Gasteiger partial charge in [-0.3, -0.25) is 4.79 Å². The van der Waals surface area contributed by atoms with Crippen LogP contribution >= 0.6 is 34.8 Å². The van der Waals surface area contributed by atoms with Crippen molar-refractivity contribution in [3.63, 3.8) is 0 Å².